The topological polar surface area (TPSA) is 106 Å². The van der Waals surface area contributed by atoms with Crippen LogP contribution in [0.2, 0.25) is 0 Å². The second kappa shape index (κ2) is 8.09. The molecule has 0 radical (unpaired) electrons. The highest BCUT2D eigenvalue weighted by molar-refractivity contribution is 9.10. The fraction of sp³-hybridized carbons (Fsp3) is 0.167. The molecule has 0 saturated heterocycles. The predicted molar refractivity (Wildman–Crippen MR) is 105 cm³/mol. The minimum absolute atomic E-state index is 0.0267. The van der Waals surface area contributed by atoms with Crippen LogP contribution in [0.5, 0.6) is 0 Å². The average Bonchev–Trinajstić information content (AvgIpc) is 2.63. The summed E-state index contributed by atoms with van der Waals surface area (Å²) < 4.78 is 1.92. The first-order chi connectivity index (χ1) is 12.9. The molecule has 3 rings (SSSR count). The number of fused-ring (bicyclic) bond motifs is 1. The van der Waals surface area contributed by atoms with Crippen LogP contribution in [0.15, 0.2) is 51.7 Å². The standard InChI is InChI=1S/C18H16BrN5O3/c1-11(25)20-15-7-6-12(19)10-16(15)21-17(26)8-9-24-18(27)13-4-2-3-5-14(13)22-23-24/h2-7,10H,8-9H2,1H3,(H,20,25)(H,21,26). The Bertz CT molecular complexity index is 1080. The van der Waals surface area contributed by atoms with Gasteiger partial charge in [0.05, 0.1) is 23.3 Å². The van der Waals surface area contributed by atoms with Gasteiger partial charge in [0.15, 0.2) is 0 Å². The molecule has 0 saturated carbocycles. The number of carbonyl (C=O) groups excluding carboxylic acids is 2. The second-order valence-electron chi connectivity index (χ2n) is 5.80. The molecule has 0 bridgehead atoms. The third-order valence-corrected chi connectivity index (χ3v) is 4.24. The lowest BCUT2D eigenvalue weighted by molar-refractivity contribution is -0.116. The minimum Gasteiger partial charge on any atom is -0.325 e. The summed E-state index contributed by atoms with van der Waals surface area (Å²) in [5.41, 5.74) is 1.16. The summed E-state index contributed by atoms with van der Waals surface area (Å²) in [6.45, 7) is 1.48. The van der Waals surface area contributed by atoms with E-state index in [1.807, 2.05) is 0 Å². The number of hydrogen-bond acceptors (Lipinski definition) is 5. The van der Waals surface area contributed by atoms with Crippen LogP contribution >= 0.6 is 15.9 Å². The van der Waals surface area contributed by atoms with E-state index < -0.39 is 0 Å². The summed E-state index contributed by atoms with van der Waals surface area (Å²) in [5.74, 6) is -0.563. The van der Waals surface area contributed by atoms with Crippen LogP contribution in [-0.4, -0.2) is 26.8 Å². The Morgan fingerprint density at radius 1 is 1.11 bits per heavy atom. The van der Waals surface area contributed by atoms with Gasteiger partial charge in [-0.3, -0.25) is 14.4 Å². The molecule has 1 heterocycles. The van der Waals surface area contributed by atoms with Crippen molar-refractivity contribution < 1.29 is 9.59 Å². The van der Waals surface area contributed by atoms with Crippen LogP contribution < -0.4 is 16.2 Å². The Labute approximate surface area is 162 Å². The van der Waals surface area contributed by atoms with E-state index in [1.54, 1.807) is 42.5 Å². The Morgan fingerprint density at radius 3 is 2.67 bits per heavy atom. The van der Waals surface area contributed by atoms with Crippen LogP contribution in [0.1, 0.15) is 13.3 Å². The van der Waals surface area contributed by atoms with Gasteiger partial charge in [0.25, 0.3) is 5.56 Å². The van der Waals surface area contributed by atoms with Crippen LogP contribution in [0.25, 0.3) is 10.9 Å². The van der Waals surface area contributed by atoms with E-state index in [0.717, 1.165) is 9.15 Å². The van der Waals surface area contributed by atoms with E-state index in [9.17, 15) is 14.4 Å². The van der Waals surface area contributed by atoms with E-state index in [2.05, 4.69) is 36.9 Å². The molecule has 0 aliphatic carbocycles. The van der Waals surface area contributed by atoms with Gasteiger partial charge in [-0.25, -0.2) is 4.68 Å². The normalized spacial score (nSPS) is 10.6. The van der Waals surface area contributed by atoms with Crippen LogP contribution in [0, 0.1) is 0 Å². The number of anilines is 2. The molecular weight excluding hydrogens is 414 g/mol. The molecule has 8 nitrogen and oxygen atoms in total. The molecule has 0 fully saturated rings. The summed E-state index contributed by atoms with van der Waals surface area (Å²) in [4.78, 5) is 36.0. The van der Waals surface area contributed by atoms with E-state index in [-0.39, 0.29) is 30.3 Å². The molecule has 0 atom stereocenters. The summed E-state index contributed by atoms with van der Waals surface area (Å²) in [6, 6.07) is 12.0. The monoisotopic (exact) mass is 429 g/mol. The first-order valence-corrected chi connectivity index (χ1v) is 8.93. The van der Waals surface area contributed by atoms with Crippen molar-refractivity contribution in [1.29, 1.82) is 0 Å². The van der Waals surface area contributed by atoms with Gasteiger partial charge in [-0.1, -0.05) is 33.3 Å². The van der Waals surface area contributed by atoms with Gasteiger partial charge in [0.2, 0.25) is 11.8 Å². The number of benzene rings is 2. The van der Waals surface area contributed by atoms with E-state index in [1.165, 1.54) is 6.92 Å². The number of carbonyl (C=O) groups is 2. The molecule has 0 unspecified atom stereocenters. The molecule has 9 heteroatoms. The summed E-state index contributed by atoms with van der Waals surface area (Å²) >= 11 is 3.33. The number of amides is 2. The van der Waals surface area contributed by atoms with Crippen molar-refractivity contribution in [3.05, 3.63) is 57.3 Å². The van der Waals surface area contributed by atoms with Crippen molar-refractivity contribution >= 4 is 50.0 Å². The SMILES string of the molecule is CC(=O)Nc1ccc(Br)cc1NC(=O)CCn1nnc2ccccc2c1=O. The zero-order chi connectivity index (χ0) is 19.4. The van der Waals surface area contributed by atoms with E-state index >= 15 is 0 Å². The molecule has 1 aromatic heterocycles. The minimum atomic E-state index is -0.318. The molecule has 0 aliphatic heterocycles. The van der Waals surface area contributed by atoms with Crippen molar-refractivity contribution in [3.63, 3.8) is 0 Å². The fourth-order valence-electron chi connectivity index (χ4n) is 2.51. The number of aryl methyl sites for hydroxylation is 1. The molecule has 2 amide bonds. The molecule has 0 aliphatic rings. The third-order valence-electron chi connectivity index (χ3n) is 3.75. The largest absolute Gasteiger partial charge is 0.325 e. The summed E-state index contributed by atoms with van der Waals surface area (Å²) in [7, 11) is 0. The first-order valence-electron chi connectivity index (χ1n) is 8.13. The number of hydrogen-bond donors (Lipinski definition) is 2. The predicted octanol–water partition coefficient (Wildman–Crippen LogP) is 2.54. The highest BCUT2D eigenvalue weighted by Crippen LogP contribution is 2.26. The lowest BCUT2D eigenvalue weighted by atomic mass is 10.2. The second-order valence-corrected chi connectivity index (χ2v) is 6.72. The number of rotatable bonds is 5. The van der Waals surface area contributed by atoms with Crippen LogP contribution in [0.4, 0.5) is 11.4 Å². The highest BCUT2D eigenvalue weighted by atomic mass is 79.9. The number of aromatic nitrogens is 3. The van der Waals surface area contributed by atoms with Gasteiger partial charge in [-0.05, 0) is 30.3 Å². The van der Waals surface area contributed by atoms with Crippen molar-refractivity contribution in [3.8, 4) is 0 Å². The summed E-state index contributed by atoms with van der Waals surface area (Å²) in [6.07, 6.45) is 0.0267. The van der Waals surface area contributed by atoms with Crippen molar-refractivity contribution in [2.24, 2.45) is 0 Å². The zero-order valence-electron chi connectivity index (χ0n) is 14.4. The third kappa shape index (κ3) is 4.56. The average molecular weight is 430 g/mol. The van der Waals surface area contributed by atoms with E-state index in [4.69, 9.17) is 0 Å². The van der Waals surface area contributed by atoms with Gasteiger partial charge in [0.1, 0.15) is 5.52 Å². The summed E-state index contributed by atoms with van der Waals surface area (Å²) in [5, 5.41) is 13.7. The molecule has 0 spiro atoms. The Balaban J connectivity index is 1.72. The van der Waals surface area contributed by atoms with Gasteiger partial charge < -0.3 is 10.6 Å². The Morgan fingerprint density at radius 2 is 1.89 bits per heavy atom. The maximum absolute atomic E-state index is 12.4. The van der Waals surface area contributed by atoms with Crippen molar-refractivity contribution in [1.82, 2.24) is 15.0 Å². The Hall–Kier alpha value is -3.07. The maximum Gasteiger partial charge on any atom is 0.277 e. The lowest BCUT2D eigenvalue weighted by Crippen LogP contribution is -2.26. The molecule has 27 heavy (non-hydrogen) atoms. The molecule has 2 N–H and O–H groups in total. The maximum atomic E-state index is 12.4. The number of nitrogens with zero attached hydrogens (tertiary/aromatic N) is 3. The first kappa shape index (κ1) is 18.7. The van der Waals surface area contributed by atoms with Crippen LogP contribution in [-0.2, 0) is 16.1 Å². The van der Waals surface area contributed by atoms with Gasteiger partial charge in [0, 0.05) is 17.8 Å². The van der Waals surface area contributed by atoms with Crippen molar-refractivity contribution in [2.45, 2.75) is 19.9 Å². The smallest absolute Gasteiger partial charge is 0.277 e. The molecular formula is C18H16BrN5O3. The number of halogens is 1. The van der Waals surface area contributed by atoms with Crippen LogP contribution in [0.3, 0.4) is 0 Å². The molecule has 138 valence electrons. The van der Waals surface area contributed by atoms with E-state index in [0.29, 0.717) is 22.3 Å². The lowest BCUT2D eigenvalue weighted by Gasteiger charge is -2.12. The van der Waals surface area contributed by atoms with Crippen molar-refractivity contribution in [2.75, 3.05) is 10.6 Å². The quantitative estimate of drug-likeness (QED) is 0.647. The fourth-order valence-corrected chi connectivity index (χ4v) is 2.87. The number of nitrogens with one attached hydrogen (secondary N) is 2. The van der Waals surface area contributed by atoms with Gasteiger partial charge in [-0.15, -0.1) is 5.10 Å². The Kier molecular flexibility index (Phi) is 5.60. The van der Waals surface area contributed by atoms with Gasteiger partial charge >= 0.3 is 0 Å². The zero-order valence-corrected chi connectivity index (χ0v) is 16.0. The molecule has 3 aromatic rings. The molecule has 2 aromatic carbocycles. The van der Waals surface area contributed by atoms with Gasteiger partial charge in [-0.2, -0.15) is 0 Å². The highest BCUT2D eigenvalue weighted by Gasteiger charge is 2.11.